The highest BCUT2D eigenvalue weighted by molar-refractivity contribution is 14.1. The van der Waals surface area contributed by atoms with Gasteiger partial charge in [-0.05, 0) is 29.0 Å². The lowest BCUT2D eigenvalue weighted by Crippen LogP contribution is -1.97. The van der Waals surface area contributed by atoms with Crippen LogP contribution < -0.4 is 0 Å². The molecule has 2 nitrogen and oxygen atoms in total. The quantitative estimate of drug-likeness (QED) is 0.553. The second-order valence-electron chi connectivity index (χ2n) is 3.69. The molecule has 0 aliphatic heterocycles. The largest absolute Gasteiger partial charge is 0.272 e. The van der Waals surface area contributed by atoms with Gasteiger partial charge in [0.05, 0.1) is 9.77 Å². The zero-order valence-corrected chi connectivity index (χ0v) is 11.0. The van der Waals surface area contributed by atoms with Crippen molar-refractivity contribution < 1.29 is 0 Å². The van der Waals surface area contributed by atoms with E-state index in [4.69, 9.17) is 0 Å². The van der Waals surface area contributed by atoms with Crippen molar-refractivity contribution >= 4 is 22.6 Å². The van der Waals surface area contributed by atoms with E-state index in [0.717, 1.165) is 6.54 Å². The summed E-state index contributed by atoms with van der Waals surface area (Å²) in [5.74, 6) is 0. The van der Waals surface area contributed by atoms with Crippen LogP contribution in [0.25, 0.3) is 0 Å². The van der Waals surface area contributed by atoms with Crippen LogP contribution >= 0.6 is 22.6 Å². The first-order valence-electron chi connectivity index (χ1n) is 5.51. The van der Waals surface area contributed by atoms with E-state index in [0.29, 0.717) is 0 Å². The zero-order chi connectivity index (χ0) is 10.2. The van der Waals surface area contributed by atoms with Crippen LogP contribution in [0.5, 0.6) is 0 Å². The predicted octanol–water partition coefficient (Wildman–Crippen LogP) is 3.85. The van der Waals surface area contributed by atoms with Gasteiger partial charge in [0.1, 0.15) is 0 Å². The van der Waals surface area contributed by atoms with E-state index in [1.807, 2.05) is 10.9 Å². The summed E-state index contributed by atoms with van der Waals surface area (Å²) in [6.45, 7) is 3.33. The lowest BCUT2D eigenvalue weighted by Gasteiger charge is -2.01. The molecule has 0 saturated carbocycles. The summed E-state index contributed by atoms with van der Waals surface area (Å²) in [6, 6.07) is 0. The van der Waals surface area contributed by atoms with Gasteiger partial charge in [0.15, 0.2) is 0 Å². The fraction of sp³-hybridized carbons (Fsp3) is 0.727. The molecule has 0 radical (unpaired) electrons. The monoisotopic (exact) mass is 306 g/mol. The van der Waals surface area contributed by atoms with Crippen molar-refractivity contribution in [3.8, 4) is 0 Å². The first-order chi connectivity index (χ1) is 6.83. The van der Waals surface area contributed by atoms with Gasteiger partial charge in [-0.1, -0.05) is 39.0 Å². The van der Waals surface area contributed by atoms with Crippen molar-refractivity contribution in [1.29, 1.82) is 0 Å². The van der Waals surface area contributed by atoms with Crippen molar-refractivity contribution in [3.05, 3.63) is 16.0 Å². The zero-order valence-electron chi connectivity index (χ0n) is 8.88. The molecule has 0 bridgehead atoms. The molecule has 0 aliphatic carbocycles. The van der Waals surface area contributed by atoms with Crippen LogP contribution in [-0.4, -0.2) is 9.78 Å². The van der Waals surface area contributed by atoms with E-state index < -0.39 is 0 Å². The summed E-state index contributed by atoms with van der Waals surface area (Å²) in [6.07, 6.45) is 12.1. The molecule has 0 atom stereocenters. The van der Waals surface area contributed by atoms with Crippen molar-refractivity contribution in [1.82, 2.24) is 9.78 Å². The third-order valence-electron chi connectivity index (χ3n) is 2.34. The molecule has 0 N–H and O–H groups in total. The molecule has 1 heterocycles. The van der Waals surface area contributed by atoms with Crippen LogP contribution in [0, 0.1) is 3.57 Å². The Morgan fingerprint density at radius 2 is 1.93 bits per heavy atom. The highest BCUT2D eigenvalue weighted by atomic mass is 127. The first-order valence-corrected chi connectivity index (χ1v) is 6.58. The molecule has 80 valence electrons. The summed E-state index contributed by atoms with van der Waals surface area (Å²) >= 11 is 2.30. The number of hydrogen-bond acceptors (Lipinski definition) is 1. The van der Waals surface area contributed by atoms with Gasteiger partial charge in [-0.25, -0.2) is 0 Å². The molecule has 0 fully saturated rings. The van der Waals surface area contributed by atoms with Crippen LogP contribution in [-0.2, 0) is 6.54 Å². The molecule has 0 spiro atoms. The molecule has 0 saturated heterocycles. The number of rotatable bonds is 7. The fourth-order valence-corrected chi connectivity index (χ4v) is 1.96. The standard InChI is InChI=1S/C11H19IN2/c1-2-3-4-5-6-7-8-14-10-11(12)9-13-14/h9-10H,2-8H2,1H3. The topological polar surface area (TPSA) is 17.8 Å². The van der Waals surface area contributed by atoms with E-state index in [2.05, 4.69) is 40.8 Å². The SMILES string of the molecule is CCCCCCCCn1cc(I)cn1. The Morgan fingerprint density at radius 3 is 2.57 bits per heavy atom. The number of aromatic nitrogens is 2. The summed E-state index contributed by atoms with van der Waals surface area (Å²) in [4.78, 5) is 0. The Bertz CT molecular complexity index is 245. The van der Waals surface area contributed by atoms with Gasteiger partial charge in [-0.15, -0.1) is 0 Å². The van der Waals surface area contributed by atoms with Gasteiger partial charge in [0.2, 0.25) is 0 Å². The van der Waals surface area contributed by atoms with Crippen molar-refractivity contribution in [3.63, 3.8) is 0 Å². The van der Waals surface area contributed by atoms with Crippen molar-refractivity contribution in [2.75, 3.05) is 0 Å². The van der Waals surface area contributed by atoms with E-state index in [9.17, 15) is 0 Å². The summed E-state index contributed by atoms with van der Waals surface area (Å²) < 4.78 is 3.27. The molecule has 1 aromatic heterocycles. The summed E-state index contributed by atoms with van der Waals surface area (Å²) in [5.41, 5.74) is 0. The molecule has 1 aromatic rings. The lowest BCUT2D eigenvalue weighted by molar-refractivity contribution is 0.527. The fourth-order valence-electron chi connectivity index (χ4n) is 1.51. The third kappa shape index (κ3) is 4.98. The molecule has 0 unspecified atom stereocenters. The number of nitrogens with zero attached hydrogens (tertiary/aromatic N) is 2. The minimum Gasteiger partial charge on any atom is -0.272 e. The van der Waals surface area contributed by atoms with Crippen LogP contribution in [0.1, 0.15) is 45.4 Å². The third-order valence-corrected chi connectivity index (χ3v) is 2.90. The number of halogens is 1. The van der Waals surface area contributed by atoms with Gasteiger partial charge < -0.3 is 0 Å². The molecule has 0 aliphatic rings. The van der Waals surface area contributed by atoms with E-state index in [1.165, 1.54) is 42.1 Å². The van der Waals surface area contributed by atoms with Crippen molar-refractivity contribution in [2.45, 2.75) is 52.0 Å². The van der Waals surface area contributed by atoms with Crippen LogP contribution in [0.15, 0.2) is 12.4 Å². The maximum atomic E-state index is 4.26. The first kappa shape index (κ1) is 12.0. The Balaban J connectivity index is 1.99. The molecular formula is C11H19IN2. The van der Waals surface area contributed by atoms with Gasteiger partial charge in [0, 0.05) is 12.7 Å². The minimum absolute atomic E-state index is 1.08. The van der Waals surface area contributed by atoms with Gasteiger partial charge in [-0.2, -0.15) is 5.10 Å². The van der Waals surface area contributed by atoms with Gasteiger partial charge in [0.25, 0.3) is 0 Å². The highest BCUT2D eigenvalue weighted by Gasteiger charge is 1.94. The summed E-state index contributed by atoms with van der Waals surface area (Å²) in [7, 11) is 0. The highest BCUT2D eigenvalue weighted by Crippen LogP contribution is 2.07. The molecular weight excluding hydrogens is 287 g/mol. The lowest BCUT2D eigenvalue weighted by atomic mass is 10.1. The molecule has 0 aromatic carbocycles. The Hall–Kier alpha value is -0.0600. The molecule has 0 amide bonds. The smallest absolute Gasteiger partial charge is 0.0623 e. The minimum atomic E-state index is 1.08. The molecule has 14 heavy (non-hydrogen) atoms. The number of unbranched alkanes of at least 4 members (excludes halogenated alkanes) is 5. The van der Waals surface area contributed by atoms with Gasteiger partial charge in [-0.3, -0.25) is 4.68 Å². The molecule has 3 heteroatoms. The van der Waals surface area contributed by atoms with Crippen LogP contribution in [0.3, 0.4) is 0 Å². The van der Waals surface area contributed by atoms with E-state index in [1.54, 1.807) is 0 Å². The van der Waals surface area contributed by atoms with Gasteiger partial charge >= 0.3 is 0 Å². The number of hydrogen-bond donors (Lipinski definition) is 0. The maximum absolute atomic E-state index is 4.26. The second kappa shape index (κ2) is 7.26. The number of aryl methyl sites for hydroxylation is 1. The second-order valence-corrected chi connectivity index (χ2v) is 4.94. The predicted molar refractivity (Wildman–Crippen MR) is 68.3 cm³/mol. The van der Waals surface area contributed by atoms with Crippen LogP contribution in [0.4, 0.5) is 0 Å². The van der Waals surface area contributed by atoms with E-state index in [-0.39, 0.29) is 0 Å². The normalized spacial score (nSPS) is 10.7. The summed E-state index contributed by atoms with van der Waals surface area (Å²) in [5, 5.41) is 4.26. The van der Waals surface area contributed by atoms with E-state index >= 15 is 0 Å². The van der Waals surface area contributed by atoms with Crippen molar-refractivity contribution in [2.24, 2.45) is 0 Å². The Labute approximate surface area is 100 Å². The molecule has 1 rings (SSSR count). The maximum Gasteiger partial charge on any atom is 0.0623 e. The average molecular weight is 306 g/mol. The Morgan fingerprint density at radius 1 is 1.21 bits per heavy atom. The average Bonchev–Trinajstić information content (AvgIpc) is 2.58. The Kier molecular flexibility index (Phi) is 6.23. The van der Waals surface area contributed by atoms with Crippen LogP contribution in [0.2, 0.25) is 0 Å².